The molecule has 148 valence electrons. The first-order chi connectivity index (χ1) is 12.5. The van der Waals surface area contributed by atoms with E-state index in [-0.39, 0.29) is 14.9 Å². The molecule has 1 unspecified atom stereocenters. The fraction of sp³-hybridized carbons (Fsp3) is 0.429. The molecule has 0 aliphatic carbocycles. The van der Waals surface area contributed by atoms with Gasteiger partial charge in [-0.05, 0) is 0 Å². The summed E-state index contributed by atoms with van der Waals surface area (Å²) in [5, 5.41) is 48.8. The molecule has 5 N–H and O–H groups in total. The zero-order chi connectivity index (χ0) is 20.4. The molecule has 2 aliphatic rings. The molecule has 1 saturated heterocycles. The van der Waals surface area contributed by atoms with E-state index in [1.54, 1.807) is 0 Å². The third-order valence-corrected chi connectivity index (χ3v) is 6.25. The van der Waals surface area contributed by atoms with E-state index in [2.05, 4.69) is 0 Å². The molecule has 3 rings (SSSR count). The third-order valence-electron chi connectivity index (χ3n) is 4.45. The molecule has 27 heavy (non-hydrogen) atoms. The molecule has 0 bridgehead atoms. The summed E-state index contributed by atoms with van der Waals surface area (Å²) in [7, 11) is 0. The molecule has 1 aromatic carbocycles. The molecule has 0 spiro atoms. The number of imide groups is 1. The highest BCUT2D eigenvalue weighted by atomic mass is 35.5. The minimum Gasteiger partial charge on any atom is -0.394 e. The van der Waals surface area contributed by atoms with Crippen molar-refractivity contribution in [2.45, 2.75) is 30.3 Å². The highest BCUT2D eigenvalue weighted by Gasteiger charge is 2.63. The van der Waals surface area contributed by atoms with Crippen molar-refractivity contribution in [1.82, 2.24) is 4.90 Å². The van der Waals surface area contributed by atoms with E-state index in [0.717, 1.165) is 0 Å². The second-order valence-electron chi connectivity index (χ2n) is 5.88. The van der Waals surface area contributed by atoms with Gasteiger partial charge in [0.1, 0.15) is 18.3 Å². The van der Waals surface area contributed by atoms with Gasteiger partial charge in [-0.25, -0.2) is 4.90 Å². The first-order valence-electron chi connectivity index (χ1n) is 7.27. The summed E-state index contributed by atoms with van der Waals surface area (Å²) >= 11 is 23.7. The number of halogens is 4. The molecule has 2 aliphatic heterocycles. The van der Waals surface area contributed by atoms with E-state index in [4.69, 9.17) is 56.2 Å². The van der Waals surface area contributed by atoms with Gasteiger partial charge in [-0.15, -0.1) is 0 Å². The molecular formula is C14H11Cl4NO8. The number of aliphatic hydroxyl groups excluding tert-OH is 4. The van der Waals surface area contributed by atoms with Crippen LogP contribution in [0.15, 0.2) is 0 Å². The lowest BCUT2D eigenvalue weighted by Gasteiger charge is -2.48. The first-order valence-corrected chi connectivity index (χ1v) is 8.78. The minimum absolute atomic E-state index is 0.0498. The van der Waals surface area contributed by atoms with Gasteiger partial charge in [0.05, 0.1) is 37.8 Å². The summed E-state index contributed by atoms with van der Waals surface area (Å²) < 4.78 is 4.83. The molecular weight excluding hydrogens is 452 g/mol. The number of nitrogens with zero attached hydrogens (tertiary/aromatic N) is 1. The first kappa shape index (κ1) is 21.0. The molecule has 0 aromatic heterocycles. The molecule has 0 radical (unpaired) electrons. The number of hydrogen-bond donors (Lipinski definition) is 5. The quantitative estimate of drug-likeness (QED) is 0.234. The molecule has 2 amide bonds. The number of rotatable bonds is 2. The third kappa shape index (κ3) is 2.70. The number of amides is 2. The summed E-state index contributed by atoms with van der Waals surface area (Å²) in [5.41, 5.74) is -4.13. The molecule has 1 fully saturated rings. The Hall–Kier alpha value is -0.720. The lowest BCUT2D eigenvalue weighted by atomic mass is 9.92. The van der Waals surface area contributed by atoms with Crippen molar-refractivity contribution in [3.05, 3.63) is 31.2 Å². The molecule has 9 nitrogen and oxygen atoms in total. The van der Waals surface area contributed by atoms with Crippen LogP contribution in [0, 0.1) is 0 Å². The van der Waals surface area contributed by atoms with Gasteiger partial charge in [0.25, 0.3) is 11.8 Å². The zero-order valence-electron chi connectivity index (χ0n) is 12.9. The highest BCUT2D eigenvalue weighted by Crippen LogP contribution is 2.47. The van der Waals surface area contributed by atoms with Gasteiger partial charge >= 0.3 is 0 Å². The van der Waals surface area contributed by atoms with Crippen molar-refractivity contribution < 1.29 is 39.9 Å². The molecule has 5 atom stereocenters. The van der Waals surface area contributed by atoms with Crippen molar-refractivity contribution in [1.29, 1.82) is 0 Å². The normalized spacial score (nSPS) is 33.6. The lowest BCUT2D eigenvalue weighted by molar-refractivity contribution is -0.354. The van der Waals surface area contributed by atoms with Crippen molar-refractivity contribution >= 4 is 58.2 Å². The summed E-state index contributed by atoms with van der Waals surface area (Å²) in [6.07, 6.45) is -8.12. The average molecular weight is 463 g/mol. The number of carbonyl (C=O) groups excluding carboxylic acids is 2. The Morgan fingerprint density at radius 2 is 1.37 bits per heavy atom. The predicted octanol–water partition coefficient (Wildman–Crippen LogP) is 0.0161. The van der Waals surface area contributed by atoms with Crippen molar-refractivity contribution in [3.63, 3.8) is 0 Å². The standard InChI is InChI=1S/C14H11Cl4NO8/c15-5-3-4(6(16)8(18)7(5)17)12(24)19(11(3)23)14(26)10(22)9(21)2(1-20)27-13(14)25/h2,9-10,13,20-22,25-26H,1H2/t2-,9-,10+,13?,14-/m1/s1. The van der Waals surface area contributed by atoms with Crippen LogP contribution in [-0.2, 0) is 4.74 Å². The number of carbonyl (C=O) groups is 2. The fourth-order valence-corrected chi connectivity index (χ4v) is 4.03. The van der Waals surface area contributed by atoms with Crippen molar-refractivity contribution in [3.8, 4) is 0 Å². The smallest absolute Gasteiger partial charge is 0.265 e. The second-order valence-corrected chi connectivity index (χ2v) is 7.39. The Labute approximate surface area is 171 Å². The van der Waals surface area contributed by atoms with Gasteiger partial charge in [-0.2, -0.15) is 0 Å². The Bertz CT molecular complexity index is 804. The molecule has 2 heterocycles. The van der Waals surface area contributed by atoms with Crippen LogP contribution >= 0.6 is 46.4 Å². The lowest BCUT2D eigenvalue weighted by Crippen LogP contribution is -2.74. The van der Waals surface area contributed by atoms with Crippen LogP contribution in [0.25, 0.3) is 0 Å². The Kier molecular flexibility index (Phi) is 5.41. The summed E-state index contributed by atoms with van der Waals surface area (Å²) in [6.45, 7) is -0.823. The fourth-order valence-electron chi connectivity index (χ4n) is 3.02. The van der Waals surface area contributed by atoms with Gasteiger partial charge in [-0.1, -0.05) is 46.4 Å². The Balaban J connectivity index is 2.16. The summed E-state index contributed by atoms with van der Waals surface area (Å²) in [6, 6.07) is 0. The van der Waals surface area contributed by atoms with E-state index in [1.807, 2.05) is 0 Å². The predicted molar refractivity (Wildman–Crippen MR) is 91.9 cm³/mol. The van der Waals surface area contributed by atoms with Crippen LogP contribution in [-0.4, -0.2) is 79.2 Å². The van der Waals surface area contributed by atoms with E-state index in [9.17, 15) is 30.0 Å². The highest BCUT2D eigenvalue weighted by molar-refractivity contribution is 6.55. The minimum atomic E-state index is -3.12. The largest absolute Gasteiger partial charge is 0.394 e. The Morgan fingerprint density at radius 3 is 1.78 bits per heavy atom. The van der Waals surface area contributed by atoms with Gasteiger partial charge in [-0.3, -0.25) is 9.59 Å². The topological polar surface area (TPSA) is 148 Å². The van der Waals surface area contributed by atoms with E-state index < -0.39 is 69.9 Å². The number of benzene rings is 1. The van der Waals surface area contributed by atoms with Gasteiger partial charge in [0.15, 0.2) is 0 Å². The maximum absolute atomic E-state index is 12.8. The van der Waals surface area contributed by atoms with Crippen LogP contribution in [0.5, 0.6) is 0 Å². The molecule has 1 aromatic rings. The number of fused-ring (bicyclic) bond motifs is 1. The second kappa shape index (κ2) is 6.96. The van der Waals surface area contributed by atoms with Crippen LogP contribution in [0.1, 0.15) is 20.7 Å². The van der Waals surface area contributed by atoms with Crippen LogP contribution in [0.3, 0.4) is 0 Å². The molecule has 13 heteroatoms. The maximum Gasteiger partial charge on any atom is 0.265 e. The van der Waals surface area contributed by atoms with Gasteiger partial charge in [0, 0.05) is 0 Å². The van der Waals surface area contributed by atoms with Gasteiger partial charge < -0.3 is 30.3 Å². The van der Waals surface area contributed by atoms with Crippen LogP contribution < -0.4 is 0 Å². The van der Waals surface area contributed by atoms with E-state index in [0.29, 0.717) is 0 Å². The van der Waals surface area contributed by atoms with Crippen molar-refractivity contribution in [2.75, 3.05) is 6.61 Å². The number of hydrogen-bond acceptors (Lipinski definition) is 8. The number of aliphatic hydroxyl groups is 5. The SMILES string of the molecule is O=C1c2c(Cl)c(Cl)c(Cl)c(Cl)c2C(=O)N1[C@]1(O)C(O)O[C@H](CO)[C@@H](O)[C@@H]1O. The zero-order valence-corrected chi connectivity index (χ0v) is 16.0. The maximum atomic E-state index is 12.8. The number of ether oxygens (including phenoxy) is 1. The van der Waals surface area contributed by atoms with E-state index >= 15 is 0 Å². The van der Waals surface area contributed by atoms with Gasteiger partial charge in [0.2, 0.25) is 12.0 Å². The van der Waals surface area contributed by atoms with E-state index in [1.165, 1.54) is 0 Å². The van der Waals surface area contributed by atoms with Crippen molar-refractivity contribution in [2.24, 2.45) is 0 Å². The summed E-state index contributed by atoms with van der Waals surface area (Å²) in [4.78, 5) is 25.6. The monoisotopic (exact) mass is 461 g/mol. The van der Waals surface area contributed by atoms with Crippen LogP contribution in [0.2, 0.25) is 20.1 Å². The average Bonchev–Trinajstić information content (AvgIpc) is 2.90. The van der Waals surface area contributed by atoms with Crippen LogP contribution in [0.4, 0.5) is 0 Å². The molecule has 0 saturated carbocycles. The summed E-state index contributed by atoms with van der Waals surface area (Å²) in [5.74, 6) is -2.53. The Morgan fingerprint density at radius 1 is 0.926 bits per heavy atom.